The molecule has 0 aromatic carbocycles. The first-order valence-electron chi connectivity index (χ1n) is 5.73. The highest BCUT2D eigenvalue weighted by Gasteiger charge is 2.06. The lowest BCUT2D eigenvalue weighted by molar-refractivity contribution is -0.121. The van der Waals surface area contributed by atoms with Gasteiger partial charge in [0.2, 0.25) is 5.91 Å². The van der Waals surface area contributed by atoms with Gasteiger partial charge < -0.3 is 16.0 Å². The van der Waals surface area contributed by atoms with Crippen LogP contribution in [0.5, 0.6) is 0 Å². The van der Waals surface area contributed by atoms with Crippen molar-refractivity contribution in [3.8, 4) is 0 Å². The number of carbonyl (C=O) groups is 1. The van der Waals surface area contributed by atoms with Gasteiger partial charge in [0.15, 0.2) is 0 Å². The minimum absolute atomic E-state index is 0.0231. The van der Waals surface area contributed by atoms with Crippen LogP contribution >= 0.6 is 0 Å². The monoisotopic (exact) mass is 224 g/mol. The third kappa shape index (κ3) is 4.93. The number of carbonyl (C=O) groups excluding carboxylic acids is 1. The fourth-order valence-corrected chi connectivity index (χ4v) is 1.37. The average molecular weight is 224 g/mol. The summed E-state index contributed by atoms with van der Waals surface area (Å²) in [6.45, 7) is 2.66. The molecule has 0 saturated heterocycles. The van der Waals surface area contributed by atoms with Crippen molar-refractivity contribution in [3.05, 3.63) is 18.2 Å². The lowest BCUT2D eigenvalue weighted by Crippen LogP contribution is -2.31. The van der Waals surface area contributed by atoms with Gasteiger partial charge in [-0.2, -0.15) is 0 Å². The number of aryl methyl sites for hydroxylation is 1. The molecule has 90 valence electrons. The molecule has 0 aliphatic carbocycles. The van der Waals surface area contributed by atoms with E-state index < -0.39 is 0 Å². The first kappa shape index (κ1) is 12.7. The molecule has 16 heavy (non-hydrogen) atoms. The van der Waals surface area contributed by atoms with Crippen molar-refractivity contribution >= 4 is 5.91 Å². The molecule has 0 bridgehead atoms. The molecule has 1 heterocycles. The van der Waals surface area contributed by atoms with E-state index in [9.17, 15) is 4.79 Å². The van der Waals surface area contributed by atoms with Crippen molar-refractivity contribution in [1.82, 2.24) is 15.3 Å². The van der Waals surface area contributed by atoms with Crippen LogP contribution in [-0.4, -0.2) is 28.5 Å². The third-order valence-corrected chi connectivity index (χ3v) is 2.44. The minimum atomic E-state index is -0.0231. The number of rotatable bonds is 7. The van der Waals surface area contributed by atoms with Crippen molar-refractivity contribution in [2.24, 2.45) is 5.73 Å². The molecule has 4 N–H and O–H groups in total. The summed E-state index contributed by atoms with van der Waals surface area (Å²) in [6.07, 6.45) is 6.52. The maximum Gasteiger partial charge on any atom is 0.221 e. The number of hydrogen-bond acceptors (Lipinski definition) is 3. The average Bonchev–Trinajstić information content (AvgIpc) is 2.77. The van der Waals surface area contributed by atoms with Crippen LogP contribution in [0.25, 0.3) is 0 Å². The Balaban J connectivity index is 2.04. The van der Waals surface area contributed by atoms with Crippen LogP contribution in [0.4, 0.5) is 0 Å². The molecule has 1 rings (SSSR count). The van der Waals surface area contributed by atoms with Crippen LogP contribution in [0.2, 0.25) is 0 Å². The molecular weight excluding hydrogens is 204 g/mol. The van der Waals surface area contributed by atoms with Crippen molar-refractivity contribution < 1.29 is 4.79 Å². The zero-order valence-corrected chi connectivity index (χ0v) is 9.70. The Morgan fingerprint density at radius 1 is 1.69 bits per heavy atom. The summed E-state index contributed by atoms with van der Waals surface area (Å²) in [4.78, 5) is 18.5. The summed E-state index contributed by atoms with van der Waals surface area (Å²) < 4.78 is 0. The van der Waals surface area contributed by atoms with Gasteiger partial charge in [0, 0.05) is 37.8 Å². The molecule has 1 unspecified atom stereocenters. The Morgan fingerprint density at radius 3 is 3.12 bits per heavy atom. The standard InChI is InChI=1S/C11H20N4O/c1-2-9(12)8-11(16)15-5-3-4-10-13-6-7-14-10/h6-7,9H,2-5,8,12H2,1H3,(H,13,14)(H,15,16). The SMILES string of the molecule is CCC(N)CC(=O)NCCCc1ncc[nH]1. The predicted molar refractivity (Wildman–Crippen MR) is 62.8 cm³/mol. The second-order valence-electron chi connectivity index (χ2n) is 3.86. The molecule has 0 spiro atoms. The number of aromatic nitrogens is 2. The van der Waals surface area contributed by atoms with E-state index >= 15 is 0 Å². The number of nitrogens with two attached hydrogens (primary N) is 1. The fourth-order valence-electron chi connectivity index (χ4n) is 1.37. The number of aromatic amines is 1. The van der Waals surface area contributed by atoms with Gasteiger partial charge in [-0.25, -0.2) is 4.98 Å². The van der Waals surface area contributed by atoms with Gasteiger partial charge in [-0.05, 0) is 12.8 Å². The molecule has 1 atom stereocenters. The minimum Gasteiger partial charge on any atom is -0.356 e. The third-order valence-electron chi connectivity index (χ3n) is 2.44. The molecule has 1 aromatic heterocycles. The van der Waals surface area contributed by atoms with E-state index in [-0.39, 0.29) is 11.9 Å². The Morgan fingerprint density at radius 2 is 2.50 bits per heavy atom. The number of hydrogen-bond donors (Lipinski definition) is 3. The van der Waals surface area contributed by atoms with Crippen LogP contribution in [-0.2, 0) is 11.2 Å². The lowest BCUT2D eigenvalue weighted by Gasteiger charge is -2.08. The van der Waals surface area contributed by atoms with Crippen molar-refractivity contribution in [1.29, 1.82) is 0 Å². The summed E-state index contributed by atoms with van der Waals surface area (Å²) >= 11 is 0. The van der Waals surface area contributed by atoms with E-state index in [2.05, 4.69) is 15.3 Å². The van der Waals surface area contributed by atoms with Crippen LogP contribution in [0.15, 0.2) is 12.4 Å². The quantitative estimate of drug-likeness (QED) is 0.592. The van der Waals surface area contributed by atoms with Gasteiger partial charge in [-0.3, -0.25) is 4.79 Å². The van der Waals surface area contributed by atoms with E-state index in [0.717, 1.165) is 25.1 Å². The molecule has 0 aliphatic rings. The first-order valence-corrected chi connectivity index (χ1v) is 5.73. The van der Waals surface area contributed by atoms with Crippen molar-refractivity contribution in [3.63, 3.8) is 0 Å². The second kappa shape index (κ2) is 7.00. The Labute approximate surface area is 95.8 Å². The number of H-pyrrole nitrogens is 1. The van der Waals surface area contributed by atoms with E-state index in [1.54, 1.807) is 12.4 Å². The fraction of sp³-hybridized carbons (Fsp3) is 0.636. The van der Waals surface area contributed by atoms with Gasteiger partial charge in [-0.15, -0.1) is 0 Å². The predicted octanol–water partition coefficient (Wildman–Crippen LogP) is 0.586. The molecule has 5 nitrogen and oxygen atoms in total. The highest BCUT2D eigenvalue weighted by atomic mass is 16.1. The molecule has 0 saturated carbocycles. The highest BCUT2D eigenvalue weighted by molar-refractivity contribution is 5.76. The Hall–Kier alpha value is -1.36. The lowest BCUT2D eigenvalue weighted by atomic mass is 10.1. The summed E-state index contributed by atoms with van der Waals surface area (Å²) in [7, 11) is 0. The van der Waals surface area contributed by atoms with Crippen molar-refractivity contribution in [2.45, 2.75) is 38.6 Å². The topological polar surface area (TPSA) is 83.8 Å². The largest absolute Gasteiger partial charge is 0.356 e. The maximum atomic E-state index is 11.4. The Bertz CT molecular complexity index is 297. The van der Waals surface area contributed by atoms with Gasteiger partial charge >= 0.3 is 0 Å². The highest BCUT2D eigenvalue weighted by Crippen LogP contribution is 1.95. The maximum absolute atomic E-state index is 11.4. The molecule has 0 radical (unpaired) electrons. The number of nitrogens with zero attached hydrogens (tertiary/aromatic N) is 1. The molecule has 1 amide bonds. The van der Waals surface area contributed by atoms with E-state index in [4.69, 9.17) is 5.73 Å². The van der Waals surface area contributed by atoms with Gasteiger partial charge in [0.25, 0.3) is 0 Å². The zero-order chi connectivity index (χ0) is 11.8. The van der Waals surface area contributed by atoms with E-state index in [1.807, 2.05) is 6.92 Å². The zero-order valence-electron chi connectivity index (χ0n) is 9.70. The summed E-state index contributed by atoms with van der Waals surface area (Å²) in [5.74, 6) is 0.994. The van der Waals surface area contributed by atoms with Gasteiger partial charge in [0.1, 0.15) is 5.82 Å². The van der Waals surface area contributed by atoms with Crippen LogP contribution in [0.1, 0.15) is 32.0 Å². The Kier molecular flexibility index (Phi) is 5.56. The summed E-state index contributed by atoms with van der Waals surface area (Å²) in [5, 5.41) is 2.85. The normalized spacial score (nSPS) is 12.4. The molecule has 1 aromatic rings. The molecule has 0 fully saturated rings. The summed E-state index contributed by atoms with van der Waals surface area (Å²) in [5.41, 5.74) is 5.68. The van der Waals surface area contributed by atoms with Crippen LogP contribution in [0, 0.1) is 0 Å². The molecule has 0 aliphatic heterocycles. The van der Waals surface area contributed by atoms with Crippen molar-refractivity contribution in [2.75, 3.05) is 6.54 Å². The number of nitrogens with one attached hydrogen (secondary N) is 2. The molecular formula is C11H20N4O. The first-order chi connectivity index (χ1) is 7.72. The van der Waals surface area contributed by atoms with Crippen LogP contribution in [0.3, 0.4) is 0 Å². The molecule has 5 heteroatoms. The number of imidazole rings is 1. The second-order valence-corrected chi connectivity index (χ2v) is 3.86. The summed E-state index contributed by atoms with van der Waals surface area (Å²) in [6, 6.07) is -0.0231. The van der Waals surface area contributed by atoms with Crippen LogP contribution < -0.4 is 11.1 Å². The van der Waals surface area contributed by atoms with E-state index in [0.29, 0.717) is 13.0 Å². The smallest absolute Gasteiger partial charge is 0.221 e. The van der Waals surface area contributed by atoms with E-state index in [1.165, 1.54) is 0 Å². The van der Waals surface area contributed by atoms with Gasteiger partial charge in [0.05, 0.1) is 0 Å². The van der Waals surface area contributed by atoms with Gasteiger partial charge in [-0.1, -0.05) is 6.92 Å². The number of amides is 1.